The lowest BCUT2D eigenvalue weighted by atomic mass is 10.2. The number of anilines is 1. The number of hydrogen-bond donors (Lipinski definition) is 1. The van der Waals surface area contributed by atoms with E-state index >= 15 is 0 Å². The first-order valence-corrected chi connectivity index (χ1v) is 7.14. The molecule has 0 amide bonds. The number of nitrogens with one attached hydrogen (secondary N) is 1. The van der Waals surface area contributed by atoms with Gasteiger partial charge in [-0.1, -0.05) is 0 Å². The smallest absolute Gasteiger partial charge is 0.163 e. The van der Waals surface area contributed by atoms with Crippen LogP contribution >= 0.6 is 11.3 Å². The number of ether oxygens (including phenoxy) is 2. The molecular formula is C14H18N2O2S. The van der Waals surface area contributed by atoms with Gasteiger partial charge in [0.05, 0.1) is 31.0 Å². The lowest BCUT2D eigenvalue weighted by Gasteiger charge is -2.15. The van der Waals surface area contributed by atoms with Gasteiger partial charge in [-0.25, -0.2) is 4.98 Å². The average Bonchev–Trinajstić information content (AvgIpc) is 2.93. The molecule has 0 aliphatic rings. The summed E-state index contributed by atoms with van der Waals surface area (Å²) in [5.74, 6) is 1.49. The maximum atomic E-state index is 5.56. The largest absolute Gasteiger partial charge is 0.493 e. The molecule has 1 heterocycles. The summed E-state index contributed by atoms with van der Waals surface area (Å²) in [6, 6.07) is 5.99. The molecule has 4 nitrogen and oxygen atoms in total. The van der Waals surface area contributed by atoms with Crippen LogP contribution in [0.1, 0.15) is 25.6 Å². The lowest BCUT2D eigenvalue weighted by Crippen LogP contribution is -2.07. The average molecular weight is 278 g/mol. The molecule has 0 bridgehead atoms. The molecule has 0 aliphatic heterocycles. The zero-order valence-electron chi connectivity index (χ0n) is 11.3. The second kappa shape index (κ2) is 6.43. The van der Waals surface area contributed by atoms with Gasteiger partial charge in [-0.05, 0) is 26.0 Å². The Labute approximate surface area is 117 Å². The Hall–Kier alpha value is -1.75. The number of thiazole rings is 1. The topological polar surface area (TPSA) is 43.4 Å². The summed E-state index contributed by atoms with van der Waals surface area (Å²) in [7, 11) is 1.64. The zero-order valence-corrected chi connectivity index (χ0v) is 12.2. The van der Waals surface area contributed by atoms with E-state index in [9.17, 15) is 0 Å². The Kier molecular flexibility index (Phi) is 4.63. The van der Waals surface area contributed by atoms with E-state index in [0.29, 0.717) is 6.61 Å². The predicted molar refractivity (Wildman–Crippen MR) is 78.3 cm³/mol. The highest BCUT2D eigenvalue weighted by Crippen LogP contribution is 2.31. The highest BCUT2D eigenvalue weighted by molar-refractivity contribution is 7.07. The van der Waals surface area contributed by atoms with Crippen molar-refractivity contribution in [3.8, 4) is 11.5 Å². The summed E-state index contributed by atoms with van der Waals surface area (Å²) < 4.78 is 10.8. The van der Waals surface area contributed by atoms with Crippen LogP contribution in [0.2, 0.25) is 0 Å². The van der Waals surface area contributed by atoms with Gasteiger partial charge in [0.1, 0.15) is 0 Å². The minimum absolute atomic E-state index is 0.161. The fraction of sp³-hybridized carbons (Fsp3) is 0.357. The van der Waals surface area contributed by atoms with Crippen molar-refractivity contribution in [3.63, 3.8) is 0 Å². The molecule has 0 fully saturated rings. The Morgan fingerprint density at radius 3 is 2.84 bits per heavy atom. The molecule has 1 aromatic heterocycles. The third-order valence-electron chi connectivity index (χ3n) is 2.74. The standard InChI is InChI=1S/C14H18N2O2S/c1-4-18-14-7-11(5-6-13(14)17-3)16-10(2)12-8-19-9-15-12/h5-10,16H,4H2,1-3H3. The molecule has 1 aromatic carbocycles. The predicted octanol–water partition coefficient (Wildman–Crippen LogP) is 3.72. The van der Waals surface area contributed by atoms with E-state index < -0.39 is 0 Å². The Morgan fingerprint density at radius 1 is 1.37 bits per heavy atom. The van der Waals surface area contributed by atoms with Gasteiger partial charge in [-0.3, -0.25) is 0 Å². The van der Waals surface area contributed by atoms with Crippen molar-refractivity contribution in [1.82, 2.24) is 4.98 Å². The number of nitrogens with zero attached hydrogens (tertiary/aromatic N) is 1. The maximum Gasteiger partial charge on any atom is 0.163 e. The molecule has 0 radical (unpaired) electrons. The fourth-order valence-corrected chi connectivity index (χ4v) is 2.44. The Balaban J connectivity index is 2.14. The molecule has 5 heteroatoms. The minimum atomic E-state index is 0.161. The SMILES string of the molecule is CCOc1cc(NC(C)c2cscn2)ccc1OC. The van der Waals surface area contributed by atoms with Gasteiger partial charge in [-0.15, -0.1) is 11.3 Å². The zero-order chi connectivity index (χ0) is 13.7. The van der Waals surface area contributed by atoms with Crippen molar-refractivity contribution in [2.45, 2.75) is 19.9 Å². The molecule has 0 saturated carbocycles. The van der Waals surface area contributed by atoms with Crippen molar-refractivity contribution < 1.29 is 9.47 Å². The quantitative estimate of drug-likeness (QED) is 0.874. The summed E-state index contributed by atoms with van der Waals surface area (Å²) in [6.45, 7) is 4.65. The molecular weight excluding hydrogens is 260 g/mol. The van der Waals surface area contributed by atoms with E-state index in [1.807, 2.05) is 36.0 Å². The minimum Gasteiger partial charge on any atom is -0.493 e. The normalized spacial score (nSPS) is 11.9. The van der Waals surface area contributed by atoms with Gasteiger partial charge in [0.25, 0.3) is 0 Å². The maximum absolute atomic E-state index is 5.56. The molecule has 2 rings (SSSR count). The highest BCUT2D eigenvalue weighted by atomic mass is 32.1. The van der Waals surface area contributed by atoms with Crippen LogP contribution in [-0.4, -0.2) is 18.7 Å². The van der Waals surface area contributed by atoms with Crippen molar-refractivity contribution >= 4 is 17.0 Å². The number of hydrogen-bond acceptors (Lipinski definition) is 5. The summed E-state index contributed by atoms with van der Waals surface area (Å²) in [5.41, 5.74) is 3.87. The third-order valence-corrected chi connectivity index (χ3v) is 3.35. The van der Waals surface area contributed by atoms with E-state index in [2.05, 4.69) is 17.2 Å². The van der Waals surface area contributed by atoms with E-state index in [0.717, 1.165) is 22.9 Å². The third kappa shape index (κ3) is 3.38. The van der Waals surface area contributed by atoms with Crippen LogP contribution < -0.4 is 14.8 Å². The van der Waals surface area contributed by atoms with E-state index in [4.69, 9.17) is 9.47 Å². The molecule has 0 spiro atoms. The number of benzene rings is 1. The van der Waals surface area contributed by atoms with Crippen LogP contribution in [0.4, 0.5) is 5.69 Å². The summed E-state index contributed by atoms with van der Waals surface area (Å²) in [5, 5.41) is 5.45. The van der Waals surface area contributed by atoms with Gasteiger partial charge in [0, 0.05) is 17.1 Å². The van der Waals surface area contributed by atoms with E-state index in [1.165, 1.54) is 0 Å². The van der Waals surface area contributed by atoms with Gasteiger partial charge >= 0.3 is 0 Å². The first-order chi connectivity index (χ1) is 9.24. The van der Waals surface area contributed by atoms with Crippen molar-refractivity contribution in [2.24, 2.45) is 0 Å². The molecule has 0 saturated heterocycles. The Morgan fingerprint density at radius 2 is 2.21 bits per heavy atom. The van der Waals surface area contributed by atoms with Crippen LogP contribution in [-0.2, 0) is 0 Å². The van der Waals surface area contributed by atoms with Gasteiger partial charge in [0.2, 0.25) is 0 Å². The second-order valence-corrected chi connectivity index (χ2v) is 4.80. The molecule has 1 atom stereocenters. The Bertz CT molecular complexity index is 514. The molecule has 102 valence electrons. The number of aromatic nitrogens is 1. The van der Waals surface area contributed by atoms with Crippen LogP contribution in [0.25, 0.3) is 0 Å². The lowest BCUT2D eigenvalue weighted by molar-refractivity contribution is 0.311. The second-order valence-electron chi connectivity index (χ2n) is 4.08. The van der Waals surface area contributed by atoms with Gasteiger partial charge < -0.3 is 14.8 Å². The fourth-order valence-electron chi connectivity index (χ4n) is 1.79. The number of rotatable bonds is 6. The van der Waals surface area contributed by atoms with E-state index in [1.54, 1.807) is 18.4 Å². The monoisotopic (exact) mass is 278 g/mol. The van der Waals surface area contributed by atoms with Crippen LogP contribution in [0.3, 0.4) is 0 Å². The molecule has 2 aromatic rings. The van der Waals surface area contributed by atoms with Gasteiger partial charge in [0.15, 0.2) is 11.5 Å². The van der Waals surface area contributed by atoms with Crippen LogP contribution in [0.5, 0.6) is 11.5 Å². The first-order valence-electron chi connectivity index (χ1n) is 6.20. The van der Waals surface area contributed by atoms with E-state index in [-0.39, 0.29) is 6.04 Å². The number of methoxy groups -OCH3 is 1. The molecule has 1 N–H and O–H groups in total. The van der Waals surface area contributed by atoms with Gasteiger partial charge in [-0.2, -0.15) is 0 Å². The van der Waals surface area contributed by atoms with Crippen LogP contribution in [0.15, 0.2) is 29.1 Å². The summed E-state index contributed by atoms with van der Waals surface area (Å²) in [4.78, 5) is 4.30. The molecule has 1 unspecified atom stereocenters. The van der Waals surface area contributed by atoms with Crippen molar-refractivity contribution in [1.29, 1.82) is 0 Å². The molecule has 19 heavy (non-hydrogen) atoms. The molecule has 0 aliphatic carbocycles. The first kappa shape index (κ1) is 13.7. The van der Waals surface area contributed by atoms with Crippen molar-refractivity contribution in [2.75, 3.05) is 19.0 Å². The highest BCUT2D eigenvalue weighted by Gasteiger charge is 2.10. The summed E-state index contributed by atoms with van der Waals surface area (Å²) in [6.07, 6.45) is 0. The summed E-state index contributed by atoms with van der Waals surface area (Å²) >= 11 is 1.60. The van der Waals surface area contributed by atoms with Crippen LogP contribution in [0, 0.1) is 0 Å². The van der Waals surface area contributed by atoms with Crippen molar-refractivity contribution in [3.05, 3.63) is 34.8 Å².